The van der Waals surface area contributed by atoms with Gasteiger partial charge in [-0.25, -0.2) is 5.43 Å². The van der Waals surface area contributed by atoms with Crippen molar-refractivity contribution in [2.45, 2.75) is 58.9 Å². The van der Waals surface area contributed by atoms with Crippen LogP contribution in [-0.2, 0) is 11.3 Å². The molecule has 2 rings (SSSR count). The summed E-state index contributed by atoms with van der Waals surface area (Å²) < 4.78 is 2.66. The number of hydrogen-bond donors (Lipinski definition) is 1. The van der Waals surface area contributed by atoms with Crippen LogP contribution in [0, 0.1) is 13.8 Å². The molecule has 1 saturated carbocycles. The number of carbonyl (C=O) groups is 1. The summed E-state index contributed by atoms with van der Waals surface area (Å²) in [5, 5.41) is 8.58. The van der Waals surface area contributed by atoms with E-state index in [0.717, 1.165) is 34.4 Å². The standard InChI is InChI=1S/C14H21BrN4O/c1-10-14(15)11(2)19(18-10)9-13(20)17-16-12-7-5-3-4-6-8-12/h3-9H2,1-2H3,(H,17,20). The molecule has 1 aliphatic rings. The zero-order valence-electron chi connectivity index (χ0n) is 12.1. The van der Waals surface area contributed by atoms with E-state index in [9.17, 15) is 4.79 Å². The van der Waals surface area contributed by atoms with Crippen molar-refractivity contribution >= 4 is 27.5 Å². The van der Waals surface area contributed by atoms with E-state index in [1.807, 2.05) is 13.8 Å². The van der Waals surface area contributed by atoms with Crippen LogP contribution in [0.1, 0.15) is 49.9 Å². The van der Waals surface area contributed by atoms with Gasteiger partial charge in [0.1, 0.15) is 6.54 Å². The van der Waals surface area contributed by atoms with E-state index in [1.54, 1.807) is 4.68 Å². The van der Waals surface area contributed by atoms with Crippen molar-refractivity contribution in [2.24, 2.45) is 5.10 Å². The minimum atomic E-state index is -0.125. The zero-order chi connectivity index (χ0) is 14.5. The van der Waals surface area contributed by atoms with Gasteiger partial charge >= 0.3 is 0 Å². The van der Waals surface area contributed by atoms with E-state index in [1.165, 1.54) is 25.7 Å². The summed E-state index contributed by atoms with van der Waals surface area (Å²) in [4.78, 5) is 11.9. The molecule has 0 aromatic carbocycles. The number of amides is 1. The molecule has 0 bridgehead atoms. The van der Waals surface area contributed by atoms with E-state index in [0.29, 0.717) is 0 Å². The quantitative estimate of drug-likeness (QED) is 0.678. The largest absolute Gasteiger partial charge is 0.271 e. The van der Waals surface area contributed by atoms with Gasteiger partial charge in [0.25, 0.3) is 5.91 Å². The van der Waals surface area contributed by atoms with Crippen molar-refractivity contribution in [2.75, 3.05) is 0 Å². The third-order valence-corrected chi connectivity index (χ3v) is 4.75. The number of carbonyl (C=O) groups excluding carboxylic acids is 1. The summed E-state index contributed by atoms with van der Waals surface area (Å²) in [5.74, 6) is -0.125. The number of aromatic nitrogens is 2. The van der Waals surface area contributed by atoms with Crippen LogP contribution >= 0.6 is 15.9 Å². The molecule has 0 saturated heterocycles. The molecule has 20 heavy (non-hydrogen) atoms. The van der Waals surface area contributed by atoms with Crippen LogP contribution in [0.3, 0.4) is 0 Å². The normalized spacial score (nSPS) is 15.8. The van der Waals surface area contributed by atoms with Gasteiger partial charge in [0.15, 0.2) is 0 Å². The van der Waals surface area contributed by atoms with Crippen molar-refractivity contribution in [3.8, 4) is 0 Å². The number of nitrogens with zero attached hydrogens (tertiary/aromatic N) is 3. The molecule has 0 spiro atoms. The lowest BCUT2D eigenvalue weighted by atomic mass is 10.2. The maximum Gasteiger partial charge on any atom is 0.261 e. The van der Waals surface area contributed by atoms with Crippen molar-refractivity contribution in [1.29, 1.82) is 0 Å². The summed E-state index contributed by atoms with van der Waals surface area (Å²) in [6, 6.07) is 0. The maximum absolute atomic E-state index is 11.9. The van der Waals surface area contributed by atoms with Gasteiger partial charge in [-0.1, -0.05) is 12.8 Å². The molecule has 1 aromatic heterocycles. The monoisotopic (exact) mass is 340 g/mol. The van der Waals surface area contributed by atoms with Gasteiger partial charge in [-0.3, -0.25) is 9.48 Å². The van der Waals surface area contributed by atoms with Crippen LogP contribution in [0.2, 0.25) is 0 Å². The number of rotatable bonds is 3. The molecule has 0 atom stereocenters. The van der Waals surface area contributed by atoms with E-state index in [2.05, 4.69) is 31.6 Å². The Morgan fingerprint density at radius 1 is 1.30 bits per heavy atom. The number of hydrogen-bond acceptors (Lipinski definition) is 3. The SMILES string of the molecule is Cc1nn(CC(=O)NN=C2CCCCCC2)c(C)c1Br. The minimum absolute atomic E-state index is 0.125. The Morgan fingerprint density at radius 2 is 1.95 bits per heavy atom. The Kier molecular flexibility index (Phi) is 5.34. The highest BCUT2D eigenvalue weighted by atomic mass is 79.9. The van der Waals surface area contributed by atoms with Gasteiger partial charge < -0.3 is 0 Å². The molecule has 6 heteroatoms. The van der Waals surface area contributed by atoms with Crippen molar-refractivity contribution in [3.05, 3.63) is 15.9 Å². The lowest BCUT2D eigenvalue weighted by molar-refractivity contribution is -0.121. The number of nitrogens with one attached hydrogen (secondary N) is 1. The van der Waals surface area contributed by atoms with Crippen molar-refractivity contribution in [1.82, 2.24) is 15.2 Å². The van der Waals surface area contributed by atoms with Crippen LogP contribution in [-0.4, -0.2) is 21.4 Å². The second kappa shape index (κ2) is 7.02. The minimum Gasteiger partial charge on any atom is -0.271 e. The molecule has 1 fully saturated rings. The first-order chi connectivity index (χ1) is 9.58. The zero-order valence-corrected chi connectivity index (χ0v) is 13.7. The van der Waals surface area contributed by atoms with Crippen LogP contribution in [0.5, 0.6) is 0 Å². The number of aryl methyl sites for hydroxylation is 1. The van der Waals surface area contributed by atoms with Crippen LogP contribution in [0.4, 0.5) is 0 Å². The molecular formula is C14H21BrN4O. The Hall–Kier alpha value is -1.17. The first kappa shape index (κ1) is 15.2. The Morgan fingerprint density at radius 3 is 2.50 bits per heavy atom. The lowest BCUT2D eigenvalue weighted by Gasteiger charge is -2.05. The van der Waals surface area contributed by atoms with E-state index >= 15 is 0 Å². The topological polar surface area (TPSA) is 59.3 Å². The van der Waals surface area contributed by atoms with E-state index in [-0.39, 0.29) is 12.5 Å². The van der Waals surface area contributed by atoms with E-state index < -0.39 is 0 Å². The van der Waals surface area contributed by atoms with Crippen LogP contribution in [0.15, 0.2) is 9.57 Å². The second-order valence-corrected chi connectivity index (χ2v) is 6.06. The average Bonchev–Trinajstić information content (AvgIpc) is 2.67. The summed E-state index contributed by atoms with van der Waals surface area (Å²) in [5.41, 5.74) is 5.63. The summed E-state index contributed by atoms with van der Waals surface area (Å²) in [7, 11) is 0. The summed E-state index contributed by atoms with van der Waals surface area (Å²) in [6.45, 7) is 4.06. The first-order valence-corrected chi connectivity index (χ1v) is 7.91. The molecule has 1 aliphatic carbocycles. The fourth-order valence-corrected chi connectivity index (χ4v) is 2.67. The fraction of sp³-hybridized carbons (Fsp3) is 0.643. The molecule has 1 heterocycles. The maximum atomic E-state index is 11.9. The first-order valence-electron chi connectivity index (χ1n) is 7.11. The Balaban J connectivity index is 1.91. The summed E-state index contributed by atoms with van der Waals surface area (Å²) >= 11 is 3.46. The third kappa shape index (κ3) is 3.91. The molecule has 1 aromatic rings. The van der Waals surface area contributed by atoms with Gasteiger partial charge in [0.05, 0.1) is 15.9 Å². The number of hydrazone groups is 1. The highest BCUT2D eigenvalue weighted by molar-refractivity contribution is 9.10. The molecule has 5 nitrogen and oxygen atoms in total. The van der Waals surface area contributed by atoms with Crippen molar-refractivity contribution < 1.29 is 4.79 Å². The molecule has 1 amide bonds. The van der Waals surface area contributed by atoms with Gasteiger partial charge in [0, 0.05) is 5.71 Å². The Bertz CT molecular complexity index is 511. The summed E-state index contributed by atoms with van der Waals surface area (Å²) in [6.07, 6.45) is 6.91. The molecule has 0 aliphatic heterocycles. The predicted octanol–water partition coefficient (Wildman–Crippen LogP) is 3.09. The molecule has 110 valence electrons. The van der Waals surface area contributed by atoms with E-state index in [4.69, 9.17) is 0 Å². The van der Waals surface area contributed by atoms with Crippen molar-refractivity contribution in [3.63, 3.8) is 0 Å². The molecular weight excluding hydrogens is 320 g/mol. The Labute approximate surface area is 127 Å². The van der Waals surface area contributed by atoms with Crippen LogP contribution < -0.4 is 5.43 Å². The molecule has 0 radical (unpaired) electrons. The second-order valence-electron chi connectivity index (χ2n) is 5.27. The smallest absolute Gasteiger partial charge is 0.261 e. The third-order valence-electron chi connectivity index (χ3n) is 3.61. The van der Waals surface area contributed by atoms with Gasteiger partial charge in [-0.05, 0) is 55.5 Å². The van der Waals surface area contributed by atoms with Gasteiger partial charge in [0.2, 0.25) is 0 Å². The van der Waals surface area contributed by atoms with Gasteiger partial charge in [-0.2, -0.15) is 10.2 Å². The predicted molar refractivity (Wildman–Crippen MR) is 82.7 cm³/mol. The highest BCUT2D eigenvalue weighted by Gasteiger charge is 2.12. The number of halogens is 1. The highest BCUT2D eigenvalue weighted by Crippen LogP contribution is 2.19. The van der Waals surface area contributed by atoms with Gasteiger partial charge in [-0.15, -0.1) is 0 Å². The van der Waals surface area contributed by atoms with Crippen LogP contribution in [0.25, 0.3) is 0 Å². The molecule has 0 unspecified atom stereocenters. The lowest BCUT2D eigenvalue weighted by Crippen LogP contribution is -2.25. The average molecular weight is 341 g/mol. The molecule has 1 N–H and O–H groups in total. The fourth-order valence-electron chi connectivity index (χ4n) is 2.39.